The van der Waals surface area contributed by atoms with Crippen molar-refractivity contribution in [3.8, 4) is 0 Å². The van der Waals surface area contributed by atoms with Gasteiger partial charge in [-0.3, -0.25) is 0 Å². The van der Waals surface area contributed by atoms with E-state index in [1.807, 2.05) is 20.8 Å². The maximum absolute atomic E-state index is 10.1. The van der Waals surface area contributed by atoms with E-state index < -0.39 is 30.2 Å². The van der Waals surface area contributed by atoms with Gasteiger partial charge in [-0.1, -0.05) is 0 Å². The summed E-state index contributed by atoms with van der Waals surface area (Å²) in [6.45, 7) is 6.58. The number of hydrogen-bond donors (Lipinski definition) is 3. The molecular formula is C12H26O6. The summed E-state index contributed by atoms with van der Waals surface area (Å²) in [6.07, 6.45) is -3.40. The highest BCUT2D eigenvalue weighted by Gasteiger charge is 2.32. The van der Waals surface area contributed by atoms with Crippen LogP contribution in [0.25, 0.3) is 0 Å². The van der Waals surface area contributed by atoms with Gasteiger partial charge in [-0.05, 0) is 27.7 Å². The van der Waals surface area contributed by atoms with E-state index in [0.29, 0.717) is 0 Å². The third-order valence-electron chi connectivity index (χ3n) is 2.20. The number of aliphatic hydroxyl groups is 3. The van der Waals surface area contributed by atoms with Crippen molar-refractivity contribution >= 4 is 0 Å². The molecule has 0 spiro atoms. The van der Waals surface area contributed by atoms with Gasteiger partial charge in [0.2, 0.25) is 0 Å². The normalized spacial score (nSPS) is 19.3. The summed E-state index contributed by atoms with van der Waals surface area (Å²) in [5.41, 5.74) is -0.505. The molecule has 0 fully saturated rings. The lowest BCUT2D eigenvalue weighted by molar-refractivity contribution is -0.244. The number of ether oxygens (including phenoxy) is 3. The predicted molar refractivity (Wildman–Crippen MR) is 66.1 cm³/mol. The second-order valence-electron chi connectivity index (χ2n) is 5.18. The summed E-state index contributed by atoms with van der Waals surface area (Å²) in [4.78, 5) is 0. The monoisotopic (exact) mass is 266 g/mol. The number of aliphatic hydroxyl groups excluding tert-OH is 3. The molecule has 0 saturated carbocycles. The Morgan fingerprint density at radius 2 is 1.67 bits per heavy atom. The first-order chi connectivity index (χ1) is 8.25. The molecule has 6 nitrogen and oxygen atoms in total. The Morgan fingerprint density at radius 3 is 2.00 bits per heavy atom. The fourth-order valence-electron chi connectivity index (χ4n) is 1.39. The molecule has 0 rings (SSSR count). The average Bonchev–Trinajstić information content (AvgIpc) is 2.30. The molecule has 0 aromatic carbocycles. The average molecular weight is 266 g/mol. The Kier molecular flexibility index (Phi) is 7.93. The van der Waals surface area contributed by atoms with E-state index in [0.717, 1.165) is 0 Å². The van der Waals surface area contributed by atoms with Crippen LogP contribution in [0.1, 0.15) is 27.7 Å². The molecule has 110 valence electrons. The molecule has 0 bridgehead atoms. The molecule has 6 heteroatoms. The summed E-state index contributed by atoms with van der Waals surface area (Å²) < 4.78 is 15.8. The molecule has 3 unspecified atom stereocenters. The molecule has 0 radical (unpaired) electrons. The molecule has 0 amide bonds. The Hall–Kier alpha value is -0.240. The van der Waals surface area contributed by atoms with Crippen LogP contribution in [-0.2, 0) is 14.2 Å². The minimum absolute atomic E-state index is 0.184. The van der Waals surface area contributed by atoms with E-state index in [4.69, 9.17) is 19.3 Å². The smallest absolute Gasteiger partial charge is 0.186 e. The molecule has 4 atom stereocenters. The van der Waals surface area contributed by atoms with Crippen molar-refractivity contribution in [2.45, 2.75) is 57.9 Å². The first-order valence-electron chi connectivity index (χ1n) is 6.01. The van der Waals surface area contributed by atoms with Crippen LogP contribution in [0, 0.1) is 0 Å². The molecular weight excluding hydrogens is 240 g/mol. The second kappa shape index (κ2) is 8.04. The van der Waals surface area contributed by atoms with Crippen molar-refractivity contribution in [3.63, 3.8) is 0 Å². The van der Waals surface area contributed by atoms with Crippen molar-refractivity contribution < 1.29 is 29.5 Å². The molecule has 3 N–H and O–H groups in total. The zero-order valence-corrected chi connectivity index (χ0v) is 11.8. The lowest BCUT2D eigenvalue weighted by Gasteiger charge is -2.33. The second-order valence-corrected chi connectivity index (χ2v) is 5.18. The number of methoxy groups -OCH3 is 1. The standard InChI is InChI=1S/C12H26O6/c1-8(6-13)17-11(16-5)10(15)9(7-14)18-12(2,3)4/h8-11,13-15H,6-7H2,1-5H3/t8?,9-,10?,11?/m1/s1. The number of hydrogen-bond acceptors (Lipinski definition) is 6. The highest BCUT2D eigenvalue weighted by molar-refractivity contribution is 4.76. The van der Waals surface area contributed by atoms with E-state index in [9.17, 15) is 10.2 Å². The van der Waals surface area contributed by atoms with Crippen molar-refractivity contribution in [3.05, 3.63) is 0 Å². The van der Waals surface area contributed by atoms with Crippen molar-refractivity contribution in [2.75, 3.05) is 20.3 Å². The van der Waals surface area contributed by atoms with Gasteiger partial charge < -0.3 is 29.5 Å². The molecule has 0 aliphatic heterocycles. The van der Waals surface area contributed by atoms with Crippen LogP contribution in [0.3, 0.4) is 0 Å². The Bertz CT molecular complexity index is 215. The lowest BCUT2D eigenvalue weighted by Crippen LogP contribution is -2.47. The van der Waals surface area contributed by atoms with Crippen molar-refractivity contribution in [1.82, 2.24) is 0 Å². The molecule has 0 aliphatic rings. The molecule has 0 saturated heterocycles. The Labute approximate surface area is 108 Å². The largest absolute Gasteiger partial charge is 0.394 e. The van der Waals surface area contributed by atoms with E-state index in [2.05, 4.69) is 0 Å². The van der Waals surface area contributed by atoms with Crippen molar-refractivity contribution in [1.29, 1.82) is 0 Å². The van der Waals surface area contributed by atoms with Crippen LogP contribution in [0.15, 0.2) is 0 Å². The minimum atomic E-state index is -1.15. The SMILES string of the molecule is COC(OC(C)CO)C(O)[C@@H](CO)OC(C)(C)C. The van der Waals surface area contributed by atoms with Crippen LogP contribution < -0.4 is 0 Å². The maximum atomic E-state index is 10.1. The summed E-state index contributed by atoms with van der Waals surface area (Å²) in [5, 5.41) is 28.2. The summed E-state index contributed by atoms with van der Waals surface area (Å²) >= 11 is 0. The minimum Gasteiger partial charge on any atom is -0.394 e. The van der Waals surface area contributed by atoms with Gasteiger partial charge in [0.15, 0.2) is 6.29 Å². The Balaban J connectivity index is 4.57. The van der Waals surface area contributed by atoms with E-state index in [1.54, 1.807) is 6.92 Å². The fraction of sp³-hybridized carbons (Fsp3) is 1.00. The first-order valence-corrected chi connectivity index (χ1v) is 6.01. The van der Waals surface area contributed by atoms with Crippen LogP contribution in [0.2, 0.25) is 0 Å². The van der Waals surface area contributed by atoms with Gasteiger partial charge in [-0.15, -0.1) is 0 Å². The number of rotatable bonds is 8. The molecule has 0 aromatic heterocycles. The summed E-state index contributed by atoms with van der Waals surface area (Å²) in [6, 6.07) is 0. The summed E-state index contributed by atoms with van der Waals surface area (Å²) in [5.74, 6) is 0. The predicted octanol–water partition coefficient (Wildman–Crippen LogP) is -0.107. The zero-order valence-electron chi connectivity index (χ0n) is 11.8. The van der Waals surface area contributed by atoms with Crippen LogP contribution in [0.5, 0.6) is 0 Å². The van der Waals surface area contributed by atoms with Gasteiger partial charge in [-0.2, -0.15) is 0 Å². The highest BCUT2D eigenvalue weighted by atomic mass is 16.7. The molecule has 0 aromatic rings. The van der Waals surface area contributed by atoms with Gasteiger partial charge in [0, 0.05) is 7.11 Å². The van der Waals surface area contributed by atoms with Gasteiger partial charge in [-0.25, -0.2) is 0 Å². The van der Waals surface area contributed by atoms with E-state index >= 15 is 0 Å². The van der Waals surface area contributed by atoms with E-state index in [1.165, 1.54) is 7.11 Å². The van der Waals surface area contributed by atoms with Crippen LogP contribution >= 0.6 is 0 Å². The lowest BCUT2D eigenvalue weighted by atomic mass is 10.1. The Morgan fingerprint density at radius 1 is 1.11 bits per heavy atom. The van der Waals surface area contributed by atoms with Crippen molar-refractivity contribution in [2.24, 2.45) is 0 Å². The third-order valence-corrected chi connectivity index (χ3v) is 2.20. The summed E-state index contributed by atoms with van der Waals surface area (Å²) in [7, 11) is 1.38. The third kappa shape index (κ3) is 6.63. The van der Waals surface area contributed by atoms with Crippen LogP contribution in [-0.4, -0.2) is 65.8 Å². The molecule has 18 heavy (non-hydrogen) atoms. The fourth-order valence-corrected chi connectivity index (χ4v) is 1.39. The first kappa shape index (κ1) is 17.8. The molecule has 0 aliphatic carbocycles. The quantitative estimate of drug-likeness (QED) is 0.531. The van der Waals surface area contributed by atoms with E-state index in [-0.39, 0.29) is 13.2 Å². The van der Waals surface area contributed by atoms with Gasteiger partial charge in [0.05, 0.1) is 24.9 Å². The van der Waals surface area contributed by atoms with Gasteiger partial charge in [0.1, 0.15) is 12.2 Å². The van der Waals surface area contributed by atoms with Gasteiger partial charge >= 0.3 is 0 Å². The zero-order chi connectivity index (χ0) is 14.3. The van der Waals surface area contributed by atoms with Crippen LogP contribution in [0.4, 0.5) is 0 Å². The maximum Gasteiger partial charge on any atom is 0.186 e. The molecule has 0 heterocycles. The topological polar surface area (TPSA) is 88.4 Å². The highest BCUT2D eigenvalue weighted by Crippen LogP contribution is 2.17. The van der Waals surface area contributed by atoms with Gasteiger partial charge in [0.25, 0.3) is 0 Å².